The number of aromatic nitrogens is 2. The largest absolute Gasteiger partial charge is 0.493 e. The number of hydrogen-bond donors (Lipinski definition) is 2. The van der Waals surface area contributed by atoms with E-state index in [2.05, 4.69) is 15.5 Å². The van der Waals surface area contributed by atoms with E-state index >= 15 is 0 Å². The number of likely N-dealkylation sites (N-methyl/N-ethyl adjacent to an activating group) is 1. The van der Waals surface area contributed by atoms with Crippen molar-refractivity contribution in [2.45, 2.75) is 18.7 Å². The average Bonchev–Trinajstić information content (AvgIpc) is 3.19. The van der Waals surface area contributed by atoms with Gasteiger partial charge in [0.15, 0.2) is 17.6 Å². The minimum Gasteiger partial charge on any atom is -0.493 e. The Morgan fingerprint density at radius 1 is 1.30 bits per heavy atom. The van der Waals surface area contributed by atoms with Crippen LogP contribution in [0.25, 0.3) is 0 Å². The van der Waals surface area contributed by atoms with Crippen molar-refractivity contribution >= 4 is 11.8 Å². The molecule has 2 amide bonds. The van der Waals surface area contributed by atoms with Crippen molar-refractivity contribution in [1.29, 1.82) is 0 Å². The molecule has 0 saturated carbocycles. The van der Waals surface area contributed by atoms with E-state index < -0.39 is 12.1 Å². The number of nitrogens with zero attached hydrogens (tertiary/aromatic N) is 2. The third-order valence-electron chi connectivity index (χ3n) is 4.37. The lowest BCUT2D eigenvalue weighted by atomic mass is 9.98. The lowest BCUT2D eigenvalue weighted by Crippen LogP contribution is -2.52. The van der Waals surface area contributed by atoms with Crippen LogP contribution in [-0.2, 0) is 20.9 Å². The van der Waals surface area contributed by atoms with Gasteiger partial charge in [-0.05, 0) is 23.8 Å². The Morgan fingerprint density at radius 2 is 2.07 bits per heavy atom. The van der Waals surface area contributed by atoms with Gasteiger partial charge in [0.05, 0.1) is 32.5 Å². The van der Waals surface area contributed by atoms with Crippen molar-refractivity contribution in [1.82, 2.24) is 20.4 Å². The summed E-state index contributed by atoms with van der Waals surface area (Å²) in [5, 5.41) is 9.53. The Bertz CT molecular complexity index is 808. The molecule has 1 saturated heterocycles. The number of carbonyl (C=O) groups excluding carboxylic acids is 2. The number of nitrogens with one attached hydrogen (secondary N) is 2. The molecule has 2 unspecified atom stereocenters. The zero-order valence-electron chi connectivity index (χ0n) is 15.4. The van der Waals surface area contributed by atoms with Crippen molar-refractivity contribution in [3.63, 3.8) is 0 Å². The SMILES string of the molecule is COc1ccc(C2NC(=O)COC2C(=O)N(C)Cc2ccn[nH]2)cc1OC. The first-order valence-corrected chi connectivity index (χ1v) is 8.39. The number of morpholine rings is 1. The molecule has 27 heavy (non-hydrogen) atoms. The molecular weight excluding hydrogens is 352 g/mol. The Morgan fingerprint density at radius 3 is 2.74 bits per heavy atom. The number of H-pyrrole nitrogens is 1. The van der Waals surface area contributed by atoms with E-state index in [0.717, 1.165) is 5.69 Å². The molecule has 144 valence electrons. The summed E-state index contributed by atoms with van der Waals surface area (Å²) < 4.78 is 16.2. The van der Waals surface area contributed by atoms with Gasteiger partial charge in [-0.25, -0.2) is 0 Å². The third kappa shape index (κ3) is 4.03. The Labute approximate surface area is 156 Å². The molecule has 2 N–H and O–H groups in total. The van der Waals surface area contributed by atoms with Crippen LogP contribution in [-0.4, -0.2) is 60.9 Å². The smallest absolute Gasteiger partial charge is 0.254 e. The molecule has 0 radical (unpaired) electrons. The maximum Gasteiger partial charge on any atom is 0.254 e. The number of hydrogen-bond acceptors (Lipinski definition) is 6. The highest BCUT2D eigenvalue weighted by Crippen LogP contribution is 2.32. The minimum atomic E-state index is -0.853. The van der Waals surface area contributed by atoms with Gasteiger partial charge in [0.1, 0.15) is 6.61 Å². The lowest BCUT2D eigenvalue weighted by molar-refractivity contribution is -0.154. The first-order chi connectivity index (χ1) is 13.0. The summed E-state index contributed by atoms with van der Waals surface area (Å²) in [6, 6.07) is 6.39. The van der Waals surface area contributed by atoms with E-state index in [1.54, 1.807) is 44.6 Å². The van der Waals surface area contributed by atoms with Crippen molar-refractivity contribution in [2.75, 3.05) is 27.9 Å². The number of amides is 2. The minimum absolute atomic E-state index is 0.169. The second-order valence-corrected chi connectivity index (χ2v) is 6.17. The number of ether oxygens (including phenoxy) is 3. The number of aromatic amines is 1. The number of carbonyl (C=O) groups is 2. The van der Waals surface area contributed by atoms with Crippen LogP contribution in [0.15, 0.2) is 30.5 Å². The zero-order chi connectivity index (χ0) is 19.4. The third-order valence-corrected chi connectivity index (χ3v) is 4.37. The summed E-state index contributed by atoms with van der Waals surface area (Å²) in [5.41, 5.74) is 1.49. The Balaban J connectivity index is 1.84. The molecular formula is C18H22N4O5. The van der Waals surface area contributed by atoms with Gasteiger partial charge in [0, 0.05) is 13.2 Å². The highest BCUT2D eigenvalue weighted by molar-refractivity contribution is 5.86. The van der Waals surface area contributed by atoms with Crippen molar-refractivity contribution in [3.05, 3.63) is 41.7 Å². The molecule has 1 aliphatic rings. The first kappa shape index (κ1) is 18.7. The van der Waals surface area contributed by atoms with Crippen LogP contribution in [0.2, 0.25) is 0 Å². The van der Waals surface area contributed by atoms with Gasteiger partial charge < -0.3 is 24.4 Å². The number of rotatable bonds is 6. The summed E-state index contributed by atoms with van der Waals surface area (Å²) >= 11 is 0. The fraction of sp³-hybridized carbons (Fsp3) is 0.389. The van der Waals surface area contributed by atoms with Crippen LogP contribution in [0.4, 0.5) is 0 Å². The lowest BCUT2D eigenvalue weighted by Gasteiger charge is -2.34. The molecule has 0 aliphatic carbocycles. The molecule has 0 spiro atoms. The van der Waals surface area contributed by atoms with Gasteiger partial charge in [0.2, 0.25) is 5.91 Å². The summed E-state index contributed by atoms with van der Waals surface area (Å²) in [6.45, 7) is 0.184. The van der Waals surface area contributed by atoms with Gasteiger partial charge in [-0.2, -0.15) is 5.10 Å². The van der Waals surface area contributed by atoms with E-state index in [4.69, 9.17) is 14.2 Å². The van der Waals surface area contributed by atoms with Crippen LogP contribution in [0.3, 0.4) is 0 Å². The summed E-state index contributed by atoms with van der Waals surface area (Å²) in [4.78, 5) is 26.4. The van der Waals surface area contributed by atoms with Crippen LogP contribution in [0.5, 0.6) is 11.5 Å². The van der Waals surface area contributed by atoms with Crippen LogP contribution >= 0.6 is 0 Å². The molecule has 2 atom stereocenters. The monoisotopic (exact) mass is 374 g/mol. The zero-order valence-corrected chi connectivity index (χ0v) is 15.4. The van der Waals surface area contributed by atoms with Gasteiger partial charge in [0.25, 0.3) is 5.91 Å². The molecule has 1 aliphatic heterocycles. The van der Waals surface area contributed by atoms with Crippen LogP contribution < -0.4 is 14.8 Å². The topological polar surface area (TPSA) is 106 Å². The molecule has 1 fully saturated rings. The van der Waals surface area contributed by atoms with Crippen molar-refractivity contribution in [3.8, 4) is 11.5 Å². The number of methoxy groups -OCH3 is 2. The number of benzene rings is 1. The molecule has 9 nitrogen and oxygen atoms in total. The maximum absolute atomic E-state index is 13.0. The fourth-order valence-electron chi connectivity index (χ4n) is 2.99. The highest BCUT2D eigenvalue weighted by atomic mass is 16.5. The maximum atomic E-state index is 13.0. The predicted molar refractivity (Wildman–Crippen MR) is 95.2 cm³/mol. The van der Waals surface area contributed by atoms with E-state index in [1.807, 2.05) is 0 Å². The summed E-state index contributed by atoms with van der Waals surface area (Å²) in [7, 11) is 4.74. The van der Waals surface area contributed by atoms with E-state index in [1.165, 1.54) is 12.0 Å². The molecule has 2 heterocycles. The molecule has 2 aromatic rings. The van der Waals surface area contributed by atoms with Gasteiger partial charge >= 0.3 is 0 Å². The molecule has 9 heteroatoms. The highest BCUT2D eigenvalue weighted by Gasteiger charge is 2.38. The van der Waals surface area contributed by atoms with E-state index in [-0.39, 0.29) is 18.4 Å². The second-order valence-electron chi connectivity index (χ2n) is 6.17. The quantitative estimate of drug-likeness (QED) is 0.769. The van der Waals surface area contributed by atoms with E-state index in [9.17, 15) is 9.59 Å². The van der Waals surface area contributed by atoms with Gasteiger partial charge in [-0.15, -0.1) is 0 Å². The van der Waals surface area contributed by atoms with Crippen molar-refractivity contribution in [2.24, 2.45) is 0 Å². The predicted octanol–water partition coefficient (Wildman–Crippen LogP) is 0.642. The van der Waals surface area contributed by atoms with Gasteiger partial charge in [-0.3, -0.25) is 14.7 Å². The molecule has 1 aromatic heterocycles. The summed E-state index contributed by atoms with van der Waals surface area (Å²) in [6.07, 6.45) is 0.769. The van der Waals surface area contributed by atoms with E-state index in [0.29, 0.717) is 23.6 Å². The molecule has 0 bridgehead atoms. The Hall–Kier alpha value is -3.07. The van der Waals surface area contributed by atoms with Gasteiger partial charge in [-0.1, -0.05) is 6.07 Å². The first-order valence-electron chi connectivity index (χ1n) is 8.39. The standard InChI is InChI=1S/C18H22N4O5/c1-22(9-12-6-7-19-21-12)18(24)17-16(20-15(23)10-27-17)11-4-5-13(25-2)14(8-11)26-3/h4-8,16-17H,9-10H2,1-3H3,(H,19,21)(H,20,23). The van der Waals surface area contributed by atoms with Crippen molar-refractivity contribution < 1.29 is 23.8 Å². The van der Waals surface area contributed by atoms with Crippen LogP contribution in [0, 0.1) is 0 Å². The fourth-order valence-corrected chi connectivity index (χ4v) is 2.99. The Kier molecular flexibility index (Phi) is 5.60. The average molecular weight is 374 g/mol. The summed E-state index contributed by atoms with van der Waals surface area (Å²) in [5.74, 6) is 0.537. The second kappa shape index (κ2) is 8.09. The molecule has 3 rings (SSSR count). The molecule has 1 aromatic carbocycles. The van der Waals surface area contributed by atoms with Crippen LogP contribution in [0.1, 0.15) is 17.3 Å². The normalized spacial score (nSPS) is 19.3.